The Kier molecular flexibility index (Phi) is 6.20. The van der Waals surface area contributed by atoms with Crippen molar-refractivity contribution < 1.29 is 9.90 Å². The van der Waals surface area contributed by atoms with E-state index in [1.165, 1.54) is 18.0 Å². The molecule has 4 aromatic rings. The number of hydrogen-bond donors (Lipinski definition) is 2. The summed E-state index contributed by atoms with van der Waals surface area (Å²) in [5.74, 6) is 0.572. The first-order valence-electron chi connectivity index (χ1n) is 9.33. The zero-order valence-electron chi connectivity index (χ0n) is 16.5. The van der Waals surface area contributed by atoms with Gasteiger partial charge in [-0.2, -0.15) is 5.10 Å². The minimum absolute atomic E-state index is 0.0960. The summed E-state index contributed by atoms with van der Waals surface area (Å²) in [7, 11) is 1.83. The number of carbonyl (C=O) groups is 1. The Hall–Kier alpha value is -3.36. The lowest BCUT2D eigenvalue weighted by atomic mass is 10.0. The molecule has 0 aliphatic carbocycles. The van der Waals surface area contributed by atoms with Gasteiger partial charge >= 0.3 is 0 Å². The smallest absolute Gasteiger partial charge is 0.250 e. The van der Waals surface area contributed by atoms with Crippen molar-refractivity contribution in [1.29, 1.82) is 0 Å². The summed E-state index contributed by atoms with van der Waals surface area (Å²) in [4.78, 5) is 12.2. The van der Waals surface area contributed by atoms with E-state index in [4.69, 9.17) is 11.6 Å². The number of hydrogen-bond acceptors (Lipinski definition) is 6. The van der Waals surface area contributed by atoms with Crippen LogP contribution >= 0.6 is 23.4 Å². The van der Waals surface area contributed by atoms with E-state index in [1.54, 1.807) is 16.7 Å². The topological polar surface area (TPSA) is 92.4 Å². The first-order chi connectivity index (χ1) is 15.0. The highest BCUT2D eigenvalue weighted by molar-refractivity contribution is 7.99. The van der Waals surface area contributed by atoms with Crippen LogP contribution in [0.5, 0.6) is 5.75 Å². The van der Waals surface area contributed by atoms with Crippen LogP contribution in [0.25, 0.3) is 22.2 Å². The molecule has 0 radical (unpaired) electrons. The van der Waals surface area contributed by atoms with E-state index in [1.807, 2.05) is 55.6 Å². The summed E-state index contributed by atoms with van der Waals surface area (Å²) >= 11 is 7.29. The molecule has 3 aromatic carbocycles. The number of benzene rings is 3. The number of halogens is 1. The van der Waals surface area contributed by atoms with Gasteiger partial charge in [-0.3, -0.25) is 4.79 Å². The van der Waals surface area contributed by atoms with Gasteiger partial charge in [-0.05, 0) is 29.0 Å². The Morgan fingerprint density at radius 1 is 1.19 bits per heavy atom. The second-order valence-corrected chi connectivity index (χ2v) is 8.06. The van der Waals surface area contributed by atoms with Gasteiger partial charge < -0.3 is 9.67 Å². The lowest BCUT2D eigenvalue weighted by Gasteiger charge is -2.05. The molecule has 0 saturated heterocycles. The number of nitrogens with one attached hydrogen (secondary N) is 1. The van der Waals surface area contributed by atoms with Crippen LogP contribution in [-0.4, -0.2) is 37.7 Å². The number of hydrazone groups is 1. The predicted molar refractivity (Wildman–Crippen MR) is 124 cm³/mol. The fourth-order valence-electron chi connectivity index (χ4n) is 3.07. The van der Waals surface area contributed by atoms with E-state index >= 15 is 0 Å². The summed E-state index contributed by atoms with van der Waals surface area (Å²) in [5.41, 5.74) is 3.87. The number of thioether (sulfide) groups is 1. The van der Waals surface area contributed by atoms with Crippen molar-refractivity contribution in [1.82, 2.24) is 20.2 Å². The average molecular weight is 452 g/mol. The van der Waals surface area contributed by atoms with Crippen LogP contribution in [0.2, 0.25) is 5.02 Å². The number of rotatable bonds is 6. The second-order valence-electron chi connectivity index (χ2n) is 6.68. The molecular formula is C22H18ClN5O2S. The molecular weight excluding hydrogens is 434 g/mol. The van der Waals surface area contributed by atoms with Crippen molar-refractivity contribution in [3.63, 3.8) is 0 Å². The summed E-state index contributed by atoms with van der Waals surface area (Å²) in [6.07, 6.45) is 1.44. The molecule has 9 heteroatoms. The van der Waals surface area contributed by atoms with Gasteiger partial charge in [0.25, 0.3) is 5.91 Å². The lowest BCUT2D eigenvalue weighted by Crippen LogP contribution is -2.20. The Labute approximate surface area is 187 Å². The van der Waals surface area contributed by atoms with Gasteiger partial charge in [0.1, 0.15) is 5.75 Å². The molecule has 31 heavy (non-hydrogen) atoms. The van der Waals surface area contributed by atoms with E-state index in [0.29, 0.717) is 21.6 Å². The zero-order valence-corrected chi connectivity index (χ0v) is 18.1. The highest BCUT2D eigenvalue weighted by Crippen LogP contribution is 2.26. The molecule has 1 heterocycles. The Morgan fingerprint density at radius 3 is 2.87 bits per heavy atom. The molecule has 0 spiro atoms. The van der Waals surface area contributed by atoms with Gasteiger partial charge in [0.15, 0.2) is 11.0 Å². The SMILES string of the molecule is Cn1c(SCC(=O)N/N=C/c2c(O)ccc3ccccc23)nnc1-c1cccc(Cl)c1. The minimum atomic E-state index is -0.298. The Bertz CT molecular complexity index is 1290. The molecule has 0 bridgehead atoms. The van der Waals surface area contributed by atoms with E-state index in [2.05, 4.69) is 20.7 Å². The molecule has 2 N–H and O–H groups in total. The molecule has 1 aromatic heterocycles. The molecule has 0 aliphatic rings. The maximum Gasteiger partial charge on any atom is 0.250 e. The van der Waals surface area contributed by atoms with Crippen molar-refractivity contribution in [2.75, 3.05) is 5.75 Å². The molecule has 0 unspecified atom stereocenters. The van der Waals surface area contributed by atoms with Crippen LogP contribution in [0.4, 0.5) is 0 Å². The standard InChI is InChI=1S/C22H18ClN5O2S/c1-28-21(15-6-4-7-16(23)11-15)26-27-22(28)31-13-20(30)25-24-12-18-17-8-3-2-5-14(17)9-10-19(18)29/h2-12,29H,13H2,1H3,(H,25,30)/b24-12+. The van der Waals surface area contributed by atoms with E-state index in [0.717, 1.165) is 16.3 Å². The van der Waals surface area contributed by atoms with Gasteiger partial charge in [-0.15, -0.1) is 10.2 Å². The molecule has 0 fully saturated rings. The van der Waals surface area contributed by atoms with Gasteiger partial charge in [0.05, 0.1) is 12.0 Å². The molecule has 0 saturated carbocycles. The minimum Gasteiger partial charge on any atom is -0.507 e. The molecule has 1 amide bonds. The monoisotopic (exact) mass is 451 g/mol. The van der Waals surface area contributed by atoms with Crippen molar-refractivity contribution in [2.45, 2.75) is 5.16 Å². The van der Waals surface area contributed by atoms with E-state index in [9.17, 15) is 9.90 Å². The van der Waals surface area contributed by atoms with Gasteiger partial charge in [0.2, 0.25) is 0 Å². The van der Waals surface area contributed by atoms with Crippen molar-refractivity contribution in [2.24, 2.45) is 12.1 Å². The van der Waals surface area contributed by atoms with Crippen LogP contribution in [-0.2, 0) is 11.8 Å². The predicted octanol–water partition coefficient (Wildman–Crippen LogP) is 4.24. The van der Waals surface area contributed by atoms with Gasteiger partial charge in [0, 0.05) is 23.2 Å². The highest BCUT2D eigenvalue weighted by Gasteiger charge is 2.13. The summed E-state index contributed by atoms with van der Waals surface area (Å²) in [5, 5.41) is 25.5. The Balaban J connectivity index is 1.39. The zero-order chi connectivity index (χ0) is 21.8. The molecule has 0 atom stereocenters. The number of phenolic OH excluding ortho intramolecular Hbond substituents is 1. The third-order valence-electron chi connectivity index (χ3n) is 4.58. The fourth-order valence-corrected chi connectivity index (χ4v) is 3.96. The van der Waals surface area contributed by atoms with Crippen LogP contribution in [0, 0.1) is 0 Å². The van der Waals surface area contributed by atoms with Crippen molar-refractivity contribution in [3.8, 4) is 17.1 Å². The molecule has 7 nitrogen and oxygen atoms in total. The largest absolute Gasteiger partial charge is 0.507 e. The average Bonchev–Trinajstić information content (AvgIpc) is 3.14. The number of carbonyl (C=O) groups excluding carboxylic acids is 1. The maximum absolute atomic E-state index is 12.2. The number of nitrogens with zero attached hydrogens (tertiary/aromatic N) is 4. The summed E-state index contributed by atoms with van der Waals surface area (Å²) in [6.45, 7) is 0. The first-order valence-corrected chi connectivity index (χ1v) is 10.7. The van der Waals surface area contributed by atoms with E-state index in [-0.39, 0.29) is 17.4 Å². The van der Waals surface area contributed by atoms with Crippen LogP contribution in [0.15, 0.2) is 70.9 Å². The number of aromatic nitrogens is 3. The highest BCUT2D eigenvalue weighted by atomic mass is 35.5. The molecule has 4 rings (SSSR count). The fraction of sp³-hybridized carbons (Fsp3) is 0.0909. The van der Waals surface area contributed by atoms with Gasteiger partial charge in [-0.25, -0.2) is 5.43 Å². The Morgan fingerprint density at radius 2 is 2.03 bits per heavy atom. The quantitative estimate of drug-likeness (QED) is 0.260. The third kappa shape index (κ3) is 4.70. The van der Waals surface area contributed by atoms with Crippen LogP contribution < -0.4 is 5.43 Å². The second kappa shape index (κ2) is 9.20. The van der Waals surface area contributed by atoms with Crippen molar-refractivity contribution in [3.05, 3.63) is 71.2 Å². The number of fused-ring (bicyclic) bond motifs is 1. The summed E-state index contributed by atoms with van der Waals surface area (Å²) < 4.78 is 1.81. The third-order valence-corrected chi connectivity index (χ3v) is 5.84. The van der Waals surface area contributed by atoms with Crippen LogP contribution in [0.1, 0.15) is 5.56 Å². The van der Waals surface area contributed by atoms with Crippen LogP contribution in [0.3, 0.4) is 0 Å². The number of phenols is 1. The number of aromatic hydroxyl groups is 1. The van der Waals surface area contributed by atoms with E-state index < -0.39 is 0 Å². The summed E-state index contributed by atoms with van der Waals surface area (Å²) in [6, 6.07) is 18.4. The van der Waals surface area contributed by atoms with Gasteiger partial charge in [-0.1, -0.05) is 65.8 Å². The first kappa shape index (κ1) is 20.9. The lowest BCUT2D eigenvalue weighted by molar-refractivity contribution is -0.118. The molecule has 0 aliphatic heterocycles. The number of amides is 1. The normalized spacial score (nSPS) is 11.3. The maximum atomic E-state index is 12.2. The van der Waals surface area contributed by atoms with Crippen molar-refractivity contribution >= 4 is 46.3 Å². The molecule has 156 valence electrons.